The highest BCUT2D eigenvalue weighted by molar-refractivity contribution is 6.21. The molecule has 4 rings (SSSR count). The van der Waals surface area contributed by atoms with Gasteiger partial charge in [0.15, 0.2) is 0 Å². The molecule has 0 N–H and O–H groups in total. The summed E-state index contributed by atoms with van der Waals surface area (Å²) >= 11 is 0. The zero-order valence-electron chi connectivity index (χ0n) is 12.0. The van der Waals surface area contributed by atoms with Crippen molar-refractivity contribution in [3.05, 3.63) is 24.3 Å². The molecule has 2 heterocycles. The Morgan fingerprint density at radius 3 is 2.62 bits per heavy atom. The van der Waals surface area contributed by atoms with E-state index >= 15 is 0 Å². The summed E-state index contributed by atoms with van der Waals surface area (Å²) in [5, 5.41) is 0. The molecule has 3 aliphatic rings. The number of amides is 3. The largest absolute Gasteiger partial charge is 0.497 e. The molecule has 1 saturated carbocycles. The lowest BCUT2D eigenvalue weighted by molar-refractivity contribution is -0.120. The van der Waals surface area contributed by atoms with Gasteiger partial charge in [0.05, 0.1) is 12.8 Å². The maximum absolute atomic E-state index is 12.7. The molecule has 5 nitrogen and oxygen atoms in total. The van der Waals surface area contributed by atoms with Gasteiger partial charge in [-0.1, -0.05) is 6.42 Å². The highest BCUT2D eigenvalue weighted by Gasteiger charge is 2.57. The van der Waals surface area contributed by atoms with Crippen molar-refractivity contribution < 1.29 is 14.3 Å². The topological polar surface area (TPSA) is 49.9 Å². The van der Waals surface area contributed by atoms with Gasteiger partial charge in [0.2, 0.25) is 0 Å². The molecule has 0 radical (unpaired) electrons. The van der Waals surface area contributed by atoms with Gasteiger partial charge in [0.25, 0.3) is 5.91 Å². The van der Waals surface area contributed by atoms with Crippen LogP contribution in [0.25, 0.3) is 0 Å². The number of carbonyl (C=O) groups is 2. The Bertz CT molecular complexity index is 598. The second kappa shape index (κ2) is 4.48. The molecule has 1 aliphatic carbocycles. The number of imide groups is 1. The molecule has 3 unspecified atom stereocenters. The zero-order valence-corrected chi connectivity index (χ0v) is 12.0. The van der Waals surface area contributed by atoms with Gasteiger partial charge in [-0.25, -0.2) is 9.69 Å². The minimum absolute atomic E-state index is 0.0560. The molecule has 0 bridgehead atoms. The molecule has 1 aromatic rings. The predicted octanol–water partition coefficient (Wildman–Crippen LogP) is 2.26. The third-order valence-electron chi connectivity index (χ3n) is 5.13. The number of hydrogen-bond donors (Lipinski definition) is 0. The molecule has 1 aromatic carbocycles. The van der Waals surface area contributed by atoms with E-state index in [4.69, 9.17) is 4.74 Å². The van der Waals surface area contributed by atoms with Crippen LogP contribution in [0.4, 0.5) is 10.5 Å². The van der Waals surface area contributed by atoms with Gasteiger partial charge < -0.3 is 9.64 Å². The van der Waals surface area contributed by atoms with Crippen molar-refractivity contribution >= 4 is 17.6 Å². The summed E-state index contributed by atoms with van der Waals surface area (Å²) in [5.74, 6) is 1.55. The van der Waals surface area contributed by atoms with E-state index in [1.54, 1.807) is 36.3 Å². The Morgan fingerprint density at radius 2 is 1.90 bits per heavy atom. The van der Waals surface area contributed by atoms with E-state index in [1.165, 1.54) is 11.3 Å². The van der Waals surface area contributed by atoms with Crippen molar-refractivity contribution in [2.24, 2.45) is 11.8 Å². The highest BCUT2D eigenvalue weighted by Crippen LogP contribution is 2.46. The number of rotatable bonds is 2. The fraction of sp³-hybridized carbons (Fsp3) is 0.500. The SMILES string of the molecule is COc1ccc(N2C(=O)C3C4CCCC4CN3C2=O)cc1. The Labute approximate surface area is 123 Å². The van der Waals surface area contributed by atoms with Crippen molar-refractivity contribution in [1.29, 1.82) is 0 Å². The normalized spacial score (nSPS) is 30.8. The van der Waals surface area contributed by atoms with Crippen LogP contribution in [-0.4, -0.2) is 36.5 Å². The predicted molar refractivity (Wildman–Crippen MR) is 77.2 cm³/mol. The second-order valence-electron chi connectivity index (χ2n) is 6.11. The maximum atomic E-state index is 12.7. The monoisotopic (exact) mass is 286 g/mol. The second-order valence-corrected chi connectivity index (χ2v) is 6.11. The number of methoxy groups -OCH3 is 1. The summed E-state index contributed by atoms with van der Waals surface area (Å²) < 4.78 is 5.12. The van der Waals surface area contributed by atoms with Crippen molar-refractivity contribution in [2.75, 3.05) is 18.6 Å². The zero-order chi connectivity index (χ0) is 14.6. The summed E-state index contributed by atoms with van der Waals surface area (Å²) in [7, 11) is 1.59. The van der Waals surface area contributed by atoms with E-state index in [0.717, 1.165) is 19.4 Å². The van der Waals surface area contributed by atoms with Crippen molar-refractivity contribution in [3.63, 3.8) is 0 Å². The number of benzene rings is 1. The molecule has 0 aromatic heterocycles. The number of anilines is 1. The minimum Gasteiger partial charge on any atom is -0.497 e. The first kappa shape index (κ1) is 12.7. The number of carbonyl (C=O) groups excluding carboxylic acids is 2. The third-order valence-corrected chi connectivity index (χ3v) is 5.13. The quantitative estimate of drug-likeness (QED) is 0.784. The Hall–Kier alpha value is -2.04. The Morgan fingerprint density at radius 1 is 1.14 bits per heavy atom. The van der Waals surface area contributed by atoms with Crippen LogP contribution in [0.15, 0.2) is 24.3 Å². The first-order valence-corrected chi connectivity index (χ1v) is 7.49. The van der Waals surface area contributed by atoms with E-state index in [1.807, 2.05) is 0 Å². The lowest BCUT2D eigenvalue weighted by Crippen LogP contribution is -2.34. The average Bonchev–Trinajstić information content (AvgIpc) is 3.13. The van der Waals surface area contributed by atoms with E-state index in [0.29, 0.717) is 23.3 Å². The van der Waals surface area contributed by atoms with Crippen LogP contribution in [-0.2, 0) is 4.79 Å². The minimum atomic E-state index is -0.230. The van der Waals surface area contributed by atoms with Gasteiger partial charge in [0, 0.05) is 6.54 Å². The Kier molecular flexibility index (Phi) is 2.71. The van der Waals surface area contributed by atoms with Crippen LogP contribution in [0.5, 0.6) is 5.75 Å². The van der Waals surface area contributed by atoms with Crippen LogP contribution in [0.2, 0.25) is 0 Å². The molecule has 2 saturated heterocycles. The molecule has 3 atom stereocenters. The molecule has 21 heavy (non-hydrogen) atoms. The van der Waals surface area contributed by atoms with Crippen LogP contribution in [0.1, 0.15) is 19.3 Å². The highest BCUT2D eigenvalue weighted by atomic mass is 16.5. The number of fused-ring (bicyclic) bond motifs is 3. The Balaban J connectivity index is 1.65. The van der Waals surface area contributed by atoms with E-state index in [9.17, 15) is 9.59 Å². The van der Waals surface area contributed by atoms with Gasteiger partial charge >= 0.3 is 6.03 Å². The summed E-state index contributed by atoms with van der Waals surface area (Å²) in [6.45, 7) is 0.743. The van der Waals surface area contributed by atoms with Crippen LogP contribution < -0.4 is 9.64 Å². The first-order chi connectivity index (χ1) is 10.2. The fourth-order valence-corrected chi connectivity index (χ4v) is 4.14. The molecule has 5 heteroatoms. The number of ether oxygens (including phenoxy) is 1. The van der Waals surface area contributed by atoms with Crippen LogP contribution in [0, 0.1) is 11.8 Å². The smallest absolute Gasteiger partial charge is 0.332 e. The molecule has 2 aliphatic heterocycles. The van der Waals surface area contributed by atoms with Crippen molar-refractivity contribution in [1.82, 2.24) is 4.90 Å². The van der Waals surface area contributed by atoms with Crippen LogP contribution in [0.3, 0.4) is 0 Å². The average molecular weight is 286 g/mol. The van der Waals surface area contributed by atoms with Gasteiger partial charge in [-0.05, 0) is 48.9 Å². The van der Waals surface area contributed by atoms with Gasteiger partial charge in [-0.2, -0.15) is 0 Å². The maximum Gasteiger partial charge on any atom is 0.332 e. The molecule has 0 spiro atoms. The van der Waals surface area contributed by atoms with Gasteiger partial charge in [-0.3, -0.25) is 4.79 Å². The van der Waals surface area contributed by atoms with E-state index in [-0.39, 0.29) is 18.0 Å². The van der Waals surface area contributed by atoms with Crippen LogP contribution >= 0.6 is 0 Å². The summed E-state index contributed by atoms with van der Waals surface area (Å²) in [6.07, 6.45) is 3.41. The third kappa shape index (κ3) is 1.69. The van der Waals surface area contributed by atoms with Gasteiger partial charge in [-0.15, -0.1) is 0 Å². The van der Waals surface area contributed by atoms with E-state index < -0.39 is 0 Å². The number of hydrogen-bond acceptors (Lipinski definition) is 3. The molecule has 3 fully saturated rings. The van der Waals surface area contributed by atoms with Gasteiger partial charge in [0.1, 0.15) is 11.8 Å². The first-order valence-electron chi connectivity index (χ1n) is 7.49. The summed E-state index contributed by atoms with van der Waals surface area (Å²) in [4.78, 5) is 28.4. The van der Waals surface area contributed by atoms with Crippen molar-refractivity contribution in [3.8, 4) is 5.75 Å². The summed E-state index contributed by atoms with van der Waals surface area (Å²) in [6, 6.07) is 6.69. The molecule has 3 amide bonds. The van der Waals surface area contributed by atoms with E-state index in [2.05, 4.69) is 0 Å². The number of urea groups is 1. The molecular formula is C16H18N2O3. The lowest BCUT2D eigenvalue weighted by Gasteiger charge is -2.17. The lowest BCUT2D eigenvalue weighted by atomic mass is 9.93. The number of nitrogens with zero attached hydrogens (tertiary/aromatic N) is 2. The molecule has 110 valence electrons. The molecular weight excluding hydrogens is 268 g/mol. The van der Waals surface area contributed by atoms with Crippen molar-refractivity contribution in [2.45, 2.75) is 25.3 Å². The fourth-order valence-electron chi connectivity index (χ4n) is 4.14. The summed E-state index contributed by atoms with van der Waals surface area (Å²) in [5.41, 5.74) is 0.634. The standard InChI is InChI=1S/C16H18N2O3/c1-21-12-7-5-11(6-8-12)18-15(19)14-13-4-2-3-10(13)9-17(14)16(18)20/h5-8,10,13-14H,2-4,9H2,1H3.